The molecular formula is C33H43N3O8S. The first kappa shape index (κ1) is 35.0. The minimum atomic E-state index is -4.33. The van der Waals surface area contributed by atoms with Crippen molar-refractivity contribution in [2.75, 3.05) is 38.8 Å². The summed E-state index contributed by atoms with van der Waals surface area (Å²) >= 11 is 0. The Labute approximate surface area is 266 Å². The van der Waals surface area contributed by atoms with E-state index in [1.54, 1.807) is 55.6 Å². The maximum atomic E-state index is 14.3. The van der Waals surface area contributed by atoms with Crippen LogP contribution in [0.25, 0.3) is 0 Å². The minimum Gasteiger partial charge on any atom is -0.497 e. The van der Waals surface area contributed by atoms with Crippen LogP contribution in [-0.4, -0.2) is 71.7 Å². The van der Waals surface area contributed by atoms with Crippen LogP contribution in [0.1, 0.15) is 39.7 Å². The van der Waals surface area contributed by atoms with E-state index < -0.39 is 28.5 Å². The quantitative estimate of drug-likeness (QED) is 0.240. The maximum absolute atomic E-state index is 14.3. The molecule has 0 aromatic heterocycles. The van der Waals surface area contributed by atoms with Gasteiger partial charge in [0.25, 0.3) is 10.0 Å². The smallest absolute Gasteiger partial charge is 0.264 e. The molecular weight excluding hydrogens is 598 g/mol. The first-order valence-corrected chi connectivity index (χ1v) is 16.1. The van der Waals surface area contributed by atoms with Crippen molar-refractivity contribution < 1.29 is 37.0 Å². The number of carbonyl (C=O) groups is 2. The Bertz CT molecular complexity index is 1530. The fourth-order valence-electron chi connectivity index (χ4n) is 4.74. The lowest BCUT2D eigenvalue weighted by Gasteiger charge is -2.33. The number of hydrogen-bond donors (Lipinski definition) is 1. The molecule has 0 aliphatic rings. The van der Waals surface area contributed by atoms with Gasteiger partial charge < -0.3 is 29.2 Å². The molecule has 0 aliphatic carbocycles. The molecule has 0 bridgehead atoms. The molecule has 0 spiro atoms. The Hall–Kier alpha value is -4.45. The molecule has 244 valence electrons. The van der Waals surface area contributed by atoms with Gasteiger partial charge in [-0.1, -0.05) is 19.1 Å². The number of methoxy groups -OCH3 is 3. The van der Waals surface area contributed by atoms with Crippen LogP contribution in [0.3, 0.4) is 0 Å². The molecule has 0 unspecified atom stereocenters. The van der Waals surface area contributed by atoms with Gasteiger partial charge in [0, 0.05) is 18.7 Å². The summed E-state index contributed by atoms with van der Waals surface area (Å²) in [5, 5.41) is 2.89. The van der Waals surface area contributed by atoms with E-state index >= 15 is 0 Å². The van der Waals surface area contributed by atoms with Gasteiger partial charge in [0.2, 0.25) is 11.8 Å². The predicted octanol–water partition coefficient (Wildman–Crippen LogP) is 4.64. The van der Waals surface area contributed by atoms with Crippen molar-refractivity contribution in [2.24, 2.45) is 0 Å². The summed E-state index contributed by atoms with van der Waals surface area (Å²) in [7, 11) is 0.0927. The van der Waals surface area contributed by atoms with Crippen molar-refractivity contribution in [1.82, 2.24) is 10.2 Å². The zero-order chi connectivity index (χ0) is 33.1. The second-order valence-corrected chi connectivity index (χ2v) is 12.3. The molecule has 0 heterocycles. The van der Waals surface area contributed by atoms with Crippen LogP contribution in [0.2, 0.25) is 0 Å². The lowest BCUT2D eigenvalue weighted by molar-refractivity contribution is -0.140. The Kier molecular flexibility index (Phi) is 12.5. The number of ether oxygens (including phenoxy) is 4. The molecule has 3 aromatic rings. The molecule has 0 fully saturated rings. The molecule has 45 heavy (non-hydrogen) atoms. The lowest BCUT2D eigenvalue weighted by atomic mass is 10.1. The van der Waals surface area contributed by atoms with E-state index in [1.165, 1.54) is 37.3 Å². The van der Waals surface area contributed by atoms with Crippen molar-refractivity contribution in [2.45, 2.75) is 57.6 Å². The largest absolute Gasteiger partial charge is 0.497 e. The third-order valence-electron chi connectivity index (χ3n) is 6.99. The van der Waals surface area contributed by atoms with Crippen LogP contribution >= 0.6 is 0 Å². The van der Waals surface area contributed by atoms with Crippen LogP contribution in [-0.2, 0) is 26.2 Å². The molecule has 0 aliphatic heterocycles. The third-order valence-corrected chi connectivity index (χ3v) is 8.76. The molecule has 11 nitrogen and oxygen atoms in total. The Morgan fingerprint density at radius 2 is 1.44 bits per heavy atom. The number of sulfonamides is 1. The fraction of sp³-hybridized carbons (Fsp3) is 0.394. The van der Waals surface area contributed by atoms with Gasteiger partial charge in [-0.2, -0.15) is 0 Å². The second kappa shape index (κ2) is 16.0. The summed E-state index contributed by atoms with van der Waals surface area (Å²) in [5.41, 5.74) is 0.987. The molecule has 1 N–H and O–H groups in total. The number of nitrogens with zero attached hydrogens (tertiary/aromatic N) is 2. The zero-order valence-electron chi connectivity index (χ0n) is 26.9. The molecule has 3 aromatic carbocycles. The number of anilines is 1. The standard InChI is InChI=1S/C33H43N3O8S/c1-8-29(33(38)34-23(3)4)35(21-24-10-14-26(41-5)15-11-24)32(37)22-36(25-12-16-27(17-13-25)44-9-2)45(39,40)28-18-19-30(42-6)31(20-28)43-7/h10-20,23,29H,8-9,21-22H2,1-7H3,(H,34,38)/t29-/m1/s1. The van der Waals surface area contributed by atoms with Gasteiger partial charge in [-0.05, 0) is 81.3 Å². The van der Waals surface area contributed by atoms with Crippen molar-refractivity contribution in [1.29, 1.82) is 0 Å². The molecule has 2 amide bonds. The van der Waals surface area contributed by atoms with Crippen LogP contribution in [0.4, 0.5) is 5.69 Å². The highest BCUT2D eigenvalue weighted by molar-refractivity contribution is 7.92. The molecule has 12 heteroatoms. The van der Waals surface area contributed by atoms with Gasteiger partial charge in [-0.15, -0.1) is 0 Å². The topological polar surface area (TPSA) is 124 Å². The van der Waals surface area contributed by atoms with Gasteiger partial charge in [-0.25, -0.2) is 8.42 Å². The number of carbonyl (C=O) groups excluding carboxylic acids is 2. The second-order valence-electron chi connectivity index (χ2n) is 10.4. The molecule has 1 atom stereocenters. The number of nitrogens with one attached hydrogen (secondary N) is 1. The minimum absolute atomic E-state index is 0.0698. The van der Waals surface area contributed by atoms with Crippen LogP contribution in [0.15, 0.2) is 71.6 Å². The zero-order valence-corrected chi connectivity index (χ0v) is 27.7. The van der Waals surface area contributed by atoms with E-state index in [9.17, 15) is 18.0 Å². The summed E-state index contributed by atoms with van der Waals surface area (Å²) in [4.78, 5) is 28.9. The van der Waals surface area contributed by atoms with Gasteiger partial charge >= 0.3 is 0 Å². The van der Waals surface area contributed by atoms with E-state index in [4.69, 9.17) is 18.9 Å². The number of rotatable bonds is 16. The third kappa shape index (κ3) is 8.81. The SMILES string of the molecule is CCOc1ccc(N(CC(=O)N(Cc2ccc(OC)cc2)[C@H](CC)C(=O)NC(C)C)S(=O)(=O)c2ccc(OC)c(OC)c2)cc1. The summed E-state index contributed by atoms with van der Waals surface area (Å²) in [6, 6.07) is 16.8. The Morgan fingerprint density at radius 3 is 1.98 bits per heavy atom. The van der Waals surface area contributed by atoms with E-state index in [1.807, 2.05) is 27.7 Å². The molecule has 3 rings (SSSR count). The maximum Gasteiger partial charge on any atom is 0.264 e. The van der Waals surface area contributed by atoms with E-state index in [2.05, 4.69) is 5.32 Å². The van der Waals surface area contributed by atoms with Crippen molar-refractivity contribution in [3.05, 3.63) is 72.3 Å². The van der Waals surface area contributed by atoms with E-state index in [0.29, 0.717) is 30.3 Å². The van der Waals surface area contributed by atoms with E-state index in [-0.39, 0.29) is 34.8 Å². The predicted molar refractivity (Wildman–Crippen MR) is 173 cm³/mol. The Balaban J connectivity index is 2.11. The molecule has 0 radical (unpaired) electrons. The monoisotopic (exact) mass is 641 g/mol. The van der Waals surface area contributed by atoms with Crippen molar-refractivity contribution in [3.8, 4) is 23.0 Å². The Morgan fingerprint density at radius 1 is 0.822 bits per heavy atom. The lowest BCUT2D eigenvalue weighted by Crippen LogP contribution is -2.53. The van der Waals surface area contributed by atoms with Crippen molar-refractivity contribution >= 4 is 27.5 Å². The van der Waals surface area contributed by atoms with Crippen LogP contribution in [0.5, 0.6) is 23.0 Å². The van der Waals surface area contributed by atoms with Gasteiger partial charge in [0.15, 0.2) is 11.5 Å². The summed E-state index contributed by atoms with van der Waals surface area (Å²) in [6.45, 7) is 7.25. The number of benzene rings is 3. The van der Waals surface area contributed by atoms with Gasteiger partial charge in [0.05, 0.1) is 38.5 Å². The highest BCUT2D eigenvalue weighted by atomic mass is 32.2. The van der Waals surface area contributed by atoms with Gasteiger partial charge in [-0.3, -0.25) is 13.9 Å². The van der Waals surface area contributed by atoms with Gasteiger partial charge in [0.1, 0.15) is 24.1 Å². The highest BCUT2D eigenvalue weighted by Gasteiger charge is 2.34. The van der Waals surface area contributed by atoms with Crippen molar-refractivity contribution in [3.63, 3.8) is 0 Å². The number of amides is 2. The van der Waals surface area contributed by atoms with E-state index in [0.717, 1.165) is 9.87 Å². The number of hydrogen-bond acceptors (Lipinski definition) is 8. The summed E-state index contributed by atoms with van der Waals surface area (Å²) < 4.78 is 51.0. The molecule has 0 saturated heterocycles. The first-order chi connectivity index (χ1) is 21.5. The average molecular weight is 642 g/mol. The summed E-state index contributed by atoms with van der Waals surface area (Å²) in [6.07, 6.45) is 0.311. The first-order valence-electron chi connectivity index (χ1n) is 14.7. The normalized spacial score (nSPS) is 11.8. The summed E-state index contributed by atoms with van der Waals surface area (Å²) in [5.74, 6) is 0.874. The highest BCUT2D eigenvalue weighted by Crippen LogP contribution is 2.33. The average Bonchev–Trinajstić information content (AvgIpc) is 3.03. The fourth-order valence-corrected chi connectivity index (χ4v) is 6.17. The van der Waals surface area contributed by atoms with Crippen LogP contribution in [0, 0.1) is 0 Å². The molecule has 0 saturated carbocycles. The van der Waals surface area contributed by atoms with Crippen LogP contribution < -0.4 is 28.6 Å².